The summed E-state index contributed by atoms with van der Waals surface area (Å²) in [7, 11) is 0. The molecule has 4 nitrogen and oxygen atoms in total. The molecule has 2 atom stereocenters. The summed E-state index contributed by atoms with van der Waals surface area (Å²) < 4.78 is 5.67. The Morgan fingerprint density at radius 1 is 1.55 bits per heavy atom. The maximum absolute atomic E-state index is 12.2. The van der Waals surface area contributed by atoms with E-state index in [-0.39, 0.29) is 11.9 Å². The first-order valence-corrected chi connectivity index (χ1v) is 7.10. The van der Waals surface area contributed by atoms with E-state index in [9.17, 15) is 4.79 Å². The number of anilines is 1. The average molecular weight is 272 g/mol. The molecule has 2 N–H and O–H groups in total. The zero-order valence-electron chi connectivity index (χ0n) is 11.7. The van der Waals surface area contributed by atoms with E-state index in [0.717, 1.165) is 17.0 Å². The van der Waals surface area contributed by atoms with Gasteiger partial charge in [-0.2, -0.15) is 0 Å². The van der Waals surface area contributed by atoms with Crippen molar-refractivity contribution in [3.8, 4) is 5.75 Å². The molecule has 0 saturated heterocycles. The van der Waals surface area contributed by atoms with Gasteiger partial charge in [0.15, 0.2) is 6.10 Å². The summed E-state index contributed by atoms with van der Waals surface area (Å²) in [5, 5.41) is 0. The zero-order chi connectivity index (χ0) is 14.3. The molecule has 106 valence electrons. The summed E-state index contributed by atoms with van der Waals surface area (Å²) in [6, 6.07) is 5.98. The second-order valence-electron chi connectivity index (χ2n) is 5.59. The average Bonchev–Trinajstić information content (AvgIpc) is 3.27. The van der Waals surface area contributed by atoms with Gasteiger partial charge in [-0.25, -0.2) is 0 Å². The molecule has 0 radical (unpaired) electrons. The van der Waals surface area contributed by atoms with E-state index in [0.29, 0.717) is 12.5 Å². The third kappa shape index (κ3) is 2.20. The Bertz CT molecular complexity index is 551. The topological polar surface area (TPSA) is 55.6 Å². The Hall–Kier alpha value is -1.81. The smallest absolute Gasteiger partial charge is 0.268 e. The molecule has 1 aromatic rings. The highest BCUT2D eigenvalue weighted by molar-refractivity contribution is 6.00. The summed E-state index contributed by atoms with van der Waals surface area (Å²) in [4.78, 5) is 13.9. The molecule has 4 heteroatoms. The van der Waals surface area contributed by atoms with Gasteiger partial charge in [-0.15, -0.1) is 6.58 Å². The molecule has 1 aromatic carbocycles. The monoisotopic (exact) mass is 272 g/mol. The minimum atomic E-state index is -0.453. The highest BCUT2D eigenvalue weighted by atomic mass is 16.5. The molecule has 2 unspecified atom stereocenters. The first kappa shape index (κ1) is 13.2. The molecule has 2 aliphatic rings. The number of hydrogen-bond acceptors (Lipinski definition) is 3. The van der Waals surface area contributed by atoms with Gasteiger partial charge in [0.05, 0.1) is 5.69 Å². The van der Waals surface area contributed by atoms with Crippen molar-refractivity contribution in [2.24, 2.45) is 11.7 Å². The molecule has 1 fully saturated rings. The number of rotatable bonds is 4. The van der Waals surface area contributed by atoms with E-state index in [2.05, 4.69) is 6.58 Å². The minimum Gasteiger partial charge on any atom is -0.479 e. The fourth-order valence-corrected chi connectivity index (χ4v) is 2.68. The van der Waals surface area contributed by atoms with Gasteiger partial charge in [0, 0.05) is 12.6 Å². The second kappa shape index (κ2) is 4.94. The van der Waals surface area contributed by atoms with Gasteiger partial charge >= 0.3 is 0 Å². The molecule has 1 amide bonds. The van der Waals surface area contributed by atoms with Crippen LogP contribution in [0.4, 0.5) is 5.69 Å². The Morgan fingerprint density at radius 2 is 2.30 bits per heavy atom. The molecule has 1 saturated carbocycles. The van der Waals surface area contributed by atoms with E-state index >= 15 is 0 Å². The van der Waals surface area contributed by atoms with Crippen molar-refractivity contribution < 1.29 is 9.53 Å². The summed E-state index contributed by atoms with van der Waals surface area (Å²) in [5.41, 5.74) is 8.13. The lowest BCUT2D eigenvalue weighted by atomic mass is 10.0. The molecule has 20 heavy (non-hydrogen) atoms. The SMILES string of the molecule is C=CCN1C(=O)C(C)Oc2ccc(C(N)C3CC3)cc21. The van der Waals surface area contributed by atoms with Crippen LogP contribution in [0, 0.1) is 5.92 Å². The van der Waals surface area contributed by atoms with Crippen molar-refractivity contribution in [1.29, 1.82) is 0 Å². The number of nitrogens with zero attached hydrogens (tertiary/aromatic N) is 1. The largest absolute Gasteiger partial charge is 0.479 e. The van der Waals surface area contributed by atoms with Gasteiger partial charge in [0.1, 0.15) is 5.75 Å². The first-order valence-electron chi connectivity index (χ1n) is 7.10. The van der Waals surface area contributed by atoms with Crippen LogP contribution in [0.15, 0.2) is 30.9 Å². The van der Waals surface area contributed by atoms with Crippen LogP contribution >= 0.6 is 0 Å². The van der Waals surface area contributed by atoms with Gasteiger partial charge in [0.25, 0.3) is 5.91 Å². The van der Waals surface area contributed by atoms with Crippen LogP contribution in [0.1, 0.15) is 31.4 Å². The Labute approximate surface area is 119 Å². The van der Waals surface area contributed by atoms with Crippen LogP contribution in [0.5, 0.6) is 5.75 Å². The second-order valence-corrected chi connectivity index (χ2v) is 5.59. The highest BCUT2D eigenvalue weighted by Gasteiger charge is 2.33. The zero-order valence-corrected chi connectivity index (χ0v) is 11.7. The first-order chi connectivity index (χ1) is 9.61. The quantitative estimate of drug-likeness (QED) is 0.856. The highest BCUT2D eigenvalue weighted by Crippen LogP contribution is 2.42. The van der Waals surface area contributed by atoms with Crippen molar-refractivity contribution in [3.05, 3.63) is 36.4 Å². The predicted octanol–water partition coefficient (Wildman–Crippen LogP) is 2.40. The lowest BCUT2D eigenvalue weighted by molar-refractivity contribution is -0.125. The maximum atomic E-state index is 12.2. The molecule has 0 spiro atoms. The van der Waals surface area contributed by atoms with Gasteiger partial charge in [-0.3, -0.25) is 4.79 Å². The lowest BCUT2D eigenvalue weighted by Crippen LogP contribution is -2.44. The van der Waals surface area contributed by atoms with E-state index in [4.69, 9.17) is 10.5 Å². The fraction of sp³-hybridized carbons (Fsp3) is 0.438. The van der Waals surface area contributed by atoms with Crippen molar-refractivity contribution in [3.63, 3.8) is 0 Å². The van der Waals surface area contributed by atoms with E-state index < -0.39 is 6.10 Å². The number of benzene rings is 1. The maximum Gasteiger partial charge on any atom is 0.268 e. The van der Waals surface area contributed by atoms with Crippen molar-refractivity contribution >= 4 is 11.6 Å². The number of amides is 1. The summed E-state index contributed by atoms with van der Waals surface area (Å²) in [5.74, 6) is 1.29. The molecular weight excluding hydrogens is 252 g/mol. The lowest BCUT2D eigenvalue weighted by Gasteiger charge is -2.33. The van der Waals surface area contributed by atoms with Gasteiger partial charge in [0.2, 0.25) is 0 Å². The molecule has 3 rings (SSSR count). The molecule has 1 heterocycles. The van der Waals surface area contributed by atoms with E-state index in [1.54, 1.807) is 17.9 Å². The van der Waals surface area contributed by atoms with Crippen molar-refractivity contribution in [2.45, 2.75) is 31.9 Å². The van der Waals surface area contributed by atoms with E-state index in [1.807, 2.05) is 18.2 Å². The summed E-state index contributed by atoms with van der Waals surface area (Å²) in [6.07, 6.45) is 3.67. The standard InChI is InChI=1S/C16H20N2O2/c1-3-8-18-13-9-12(15(17)11-4-5-11)6-7-14(13)20-10(2)16(18)19/h3,6-7,9-11,15H,1,4-5,8,17H2,2H3. The molecule has 1 aliphatic heterocycles. The van der Waals surface area contributed by atoms with Crippen LogP contribution < -0.4 is 15.4 Å². The summed E-state index contributed by atoms with van der Waals surface area (Å²) in [6.45, 7) is 5.98. The molecule has 0 aromatic heterocycles. The Kier molecular flexibility index (Phi) is 3.26. The molecule has 1 aliphatic carbocycles. The minimum absolute atomic E-state index is 0.0328. The third-order valence-electron chi connectivity index (χ3n) is 4.02. The van der Waals surface area contributed by atoms with Gasteiger partial charge in [-0.05, 0) is 43.4 Å². The number of carbonyl (C=O) groups is 1. The van der Waals surface area contributed by atoms with Crippen molar-refractivity contribution in [2.75, 3.05) is 11.4 Å². The molecular formula is C16H20N2O2. The number of nitrogens with two attached hydrogens (primary N) is 1. The van der Waals surface area contributed by atoms with Crippen LogP contribution in [-0.4, -0.2) is 18.6 Å². The Morgan fingerprint density at radius 3 is 2.95 bits per heavy atom. The number of ether oxygens (including phenoxy) is 1. The van der Waals surface area contributed by atoms with Crippen LogP contribution in [0.3, 0.4) is 0 Å². The van der Waals surface area contributed by atoms with Crippen LogP contribution in [0.2, 0.25) is 0 Å². The Balaban J connectivity index is 1.98. The number of carbonyl (C=O) groups excluding carboxylic acids is 1. The number of fused-ring (bicyclic) bond motifs is 1. The van der Waals surface area contributed by atoms with Crippen molar-refractivity contribution in [1.82, 2.24) is 0 Å². The normalized spacial score (nSPS) is 23.0. The van der Waals surface area contributed by atoms with Gasteiger partial charge < -0.3 is 15.4 Å². The predicted molar refractivity (Wildman–Crippen MR) is 78.7 cm³/mol. The van der Waals surface area contributed by atoms with Crippen LogP contribution in [-0.2, 0) is 4.79 Å². The fourth-order valence-electron chi connectivity index (χ4n) is 2.68. The molecule has 0 bridgehead atoms. The number of hydrogen-bond donors (Lipinski definition) is 1. The summed E-state index contributed by atoms with van der Waals surface area (Å²) >= 11 is 0. The van der Waals surface area contributed by atoms with E-state index in [1.165, 1.54) is 12.8 Å². The van der Waals surface area contributed by atoms with Crippen LogP contribution in [0.25, 0.3) is 0 Å². The van der Waals surface area contributed by atoms with Gasteiger partial charge in [-0.1, -0.05) is 12.1 Å². The third-order valence-corrected chi connectivity index (χ3v) is 4.02.